The zero-order chi connectivity index (χ0) is 16.2. The summed E-state index contributed by atoms with van der Waals surface area (Å²) in [6, 6.07) is 6.64. The molecule has 5 heteroatoms. The molecule has 1 aromatic carbocycles. The minimum Gasteiger partial charge on any atom is -0.497 e. The third-order valence-corrected chi connectivity index (χ3v) is 4.85. The molecule has 1 saturated heterocycles. The molecule has 124 valence electrons. The molecule has 1 aliphatic carbocycles. The molecule has 1 unspecified atom stereocenters. The van der Waals surface area contributed by atoms with E-state index in [9.17, 15) is 9.59 Å². The van der Waals surface area contributed by atoms with Crippen molar-refractivity contribution in [1.29, 1.82) is 0 Å². The van der Waals surface area contributed by atoms with Gasteiger partial charge in [0, 0.05) is 0 Å². The molecule has 2 amide bonds. The van der Waals surface area contributed by atoms with Gasteiger partial charge in [0.1, 0.15) is 5.75 Å². The maximum atomic E-state index is 12.6. The summed E-state index contributed by atoms with van der Waals surface area (Å²) in [6.45, 7) is 0.833. The summed E-state index contributed by atoms with van der Waals surface area (Å²) < 4.78 is 5.11. The van der Waals surface area contributed by atoms with E-state index in [2.05, 4.69) is 5.32 Å². The minimum atomic E-state index is -0.383. The van der Waals surface area contributed by atoms with Crippen molar-refractivity contribution >= 4 is 17.5 Å². The van der Waals surface area contributed by atoms with Crippen molar-refractivity contribution in [2.75, 3.05) is 18.6 Å². The first-order valence-electron chi connectivity index (χ1n) is 8.43. The van der Waals surface area contributed by atoms with E-state index in [-0.39, 0.29) is 24.3 Å². The van der Waals surface area contributed by atoms with Crippen molar-refractivity contribution in [2.24, 2.45) is 5.92 Å². The first-order chi connectivity index (χ1) is 11.2. The molecular weight excluding hydrogens is 292 g/mol. The molecule has 2 fully saturated rings. The van der Waals surface area contributed by atoms with Crippen molar-refractivity contribution in [3.63, 3.8) is 0 Å². The van der Waals surface area contributed by atoms with Gasteiger partial charge in [-0.1, -0.05) is 19.3 Å². The summed E-state index contributed by atoms with van der Waals surface area (Å²) in [4.78, 5) is 26.1. The fraction of sp³-hybridized carbons (Fsp3) is 0.556. The summed E-state index contributed by atoms with van der Waals surface area (Å²) in [7, 11) is 1.59. The van der Waals surface area contributed by atoms with Crippen LogP contribution in [0.3, 0.4) is 0 Å². The SMILES string of the molecule is COc1ccc(N2C(=O)CC(NCC3CCCCC3)C2=O)cc1. The van der Waals surface area contributed by atoms with Crippen molar-refractivity contribution in [1.82, 2.24) is 5.32 Å². The van der Waals surface area contributed by atoms with Crippen LogP contribution in [0.5, 0.6) is 5.75 Å². The fourth-order valence-electron chi connectivity index (χ4n) is 3.49. The van der Waals surface area contributed by atoms with Gasteiger partial charge >= 0.3 is 0 Å². The van der Waals surface area contributed by atoms with Crippen LogP contribution in [0.1, 0.15) is 38.5 Å². The average molecular weight is 316 g/mol. The molecule has 0 radical (unpaired) electrons. The summed E-state index contributed by atoms with van der Waals surface area (Å²) in [6.07, 6.45) is 6.58. The first kappa shape index (κ1) is 16.0. The van der Waals surface area contributed by atoms with Crippen LogP contribution < -0.4 is 15.0 Å². The Kier molecular flexibility index (Phi) is 4.96. The van der Waals surface area contributed by atoms with Crippen LogP contribution in [-0.4, -0.2) is 31.5 Å². The summed E-state index contributed by atoms with van der Waals surface area (Å²) in [5.74, 6) is 1.07. The van der Waals surface area contributed by atoms with Gasteiger partial charge in [0.15, 0.2) is 0 Å². The molecule has 1 N–H and O–H groups in total. The lowest BCUT2D eigenvalue weighted by atomic mass is 9.89. The summed E-state index contributed by atoms with van der Waals surface area (Å²) >= 11 is 0. The van der Waals surface area contributed by atoms with Gasteiger partial charge in [-0.15, -0.1) is 0 Å². The lowest BCUT2D eigenvalue weighted by Gasteiger charge is -2.23. The van der Waals surface area contributed by atoms with E-state index in [1.807, 2.05) is 0 Å². The highest BCUT2D eigenvalue weighted by atomic mass is 16.5. The topological polar surface area (TPSA) is 58.6 Å². The van der Waals surface area contributed by atoms with E-state index in [1.54, 1.807) is 31.4 Å². The zero-order valence-electron chi connectivity index (χ0n) is 13.6. The number of nitrogens with one attached hydrogen (secondary N) is 1. The number of anilines is 1. The van der Waals surface area contributed by atoms with E-state index < -0.39 is 0 Å². The number of benzene rings is 1. The predicted molar refractivity (Wildman–Crippen MR) is 88.5 cm³/mol. The van der Waals surface area contributed by atoms with Gasteiger partial charge in [0.25, 0.3) is 5.91 Å². The molecule has 1 saturated carbocycles. The zero-order valence-corrected chi connectivity index (χ0v) is 13.6. The highest BCUT2D eigenvalue weighted by Gasteiger charge is 2.39. The number of hydrogen-bond donors (Lipinski definition) is 1. The molecule has 5 nitrogen and oxygen atoms in total. The number of imide groups is 1. The first-order valence-corrected chi connectivity index (χ1v) is 8.43. The number of nitrogens with zero attached hydrogens (tertiary/aromatic N) is 1. The van der Waals surface area contributed by atoms with Crippen molar-refractivity contribution in [2.45, 2.75) is 44.6 Å². The number of amides is 2. The van der Waals surface area contributed by atoms with E-state index in [0.717, 1.165) is 6.54 Å². The lowest BCUT2D eigenvalue weighted by Crippen LogP contribution is -2.41. The molecule has 1 aromatic rings. The fourth-order valence-corrected chi connectivity index (χ4v) is 3.49. The van der Waals surface area contributed by atoms with Crippen LogP contribution in [0.2, 0.25) is 0 Å². The molecule has 3 rings (SSSR count). The number of carbonyl (C=O) groups is 2. The van der Waals surface area contributed by atoms with Crippen molar-refractivity contribution < 1.29 is 14.3 Å². The number of rotatable bonds is 5. The van der Waals surface area contributed by atoms with Gasteiger partial charge in [-0.3, -0.25) is 9.59 Å². The van der Waals surface area contributed by atoms with E-state index in [0.29, 0.717) is 17.4 Å². The maximum Gasteiger partial charge on any atom is 0.251 e. The summed E-state index contributed by atoms with van der Waals surface area (Å²) in [5.41, 5.74) is 0.614. The van der Waals surface area contributed by atoms with Crippen molar-refractivity contribution in [3.05, 3.63) is 24.3 Å². The van der Waals surface area contributed by atoms with Gasteiger partial charge in [-0.2, -0.15) is 0 Å². The third-order valence-electron chi connectivity index (χ3n) is 4.85. The normalized spacial score (nSPS) is 22.7. The lowest BCUT2D eigenvalue weighted by molar-refractivity contribution is -0.121. The average Bonchev–Trinajstić information content (AvgIpc) is 2.88. The van der Waals surface area contributed by atoms with Gasteiger partial charge in [0.05, 0.1) is 25.3 Å². The van der Waals surface area contributed by atoms with Crippen molar-refractivity contribution in [3.8, 4) is 5.75 Å². The largest absolute Gasteiger partial charge is 0.497 e. The van der Waals surface area contributed by atoms with Crippen LogP contribution in [0, 0.1) is 5.92 Å². The number of ether oxygens (including phenoxy) is 1. The Labute approximate surface area is 137 Å². The van der Waals surface area contributed by atoms with Crippen LogP contribution in [0.25, 0.3) is 0 Å². The Hall–Kier alpha value is -1.88. The second-order valence-electron chi connectivity index (χ2n) is 6.43. The van der Waals surface area contributed by atoms with Gasteiger partial charge < -0.3 is 10.1 Å². The smallest absolute Gasteiger partial charge is 0.251 e. The number of carbonyl (C=O) groups excluding carboxylic acids is 2. The Morgan fingerprint density at radius 3 is 2.48 bits per heavy atom. The molecule has 1 aliphatic heterocycles. The second-order valence-corrected chi connectivity index (χ2v) is 6.43. The predicted octanol–water partition coefficient (Wildman–Crippen LogP) is 2.50. The van der Waals surface area contributed by atoms with Crippen LogP contribution in [0.15, 0.2) is 24.3 Å². The highest BCUT2D eigenvalue weighted by Crippen LogP contribution is 2.26. The minimum absolute atomic E-state index is 0.138. The van der Waals surface area contributed by atoms with E-state index in [1.165, 1.54) is 37.0 Å². The molecule has 0 bridgehead atoms. The maximum absolute atomic E-state index is 12.6. The van der Waals surface area contributed by atoms with E-state index in [4.69, 9.17) is 4.74 Å². The van der Waals surface area contributed by atoms with Crippen LogP contribution >= 0.6 is 0 Å². The standard InChI is InChI=1S/C18H24N2O3/c1-23-15-9-7-14(8-10-15)20-17(21)11-16(18(20)22)19-12-13-5-3-2-4-6-13/h7-10,13,16,19H,2-6,11-12H2,1H3. The Morgan fingerprint density at radius 2 is 1.83 bits per heavy atom. The quantitative estimate of drug-likeness (QED) is 0.848. The Morgan fingerprint density at radius 1 is 1.13 bits per heavy atom. The molecule has 23 heavy (non-hydrogen) atoms. The van der Waals surface area contributed by atoms with Gasteiger partial charge in [-0.25, -0.2) is 4.90 Å². The molecule has 2 aliphatic rings. The molecule has 1 atom stereocenters. The van der Waals surface area contributed by atoms with Gasteiger partial charge in [0.2, 0.25) is 5.91 Å². The van der Waals surface area contributed by atoms with Crippen LogP contribution in [-0.2, 0) is 9.59 Å². The highest BCUT2D eigenvalue weighted by molar-refractivity contribution is 6.22. The van der Waals surface area contributed by atoms with Gasteiger partial charge in [-0.05, 0) is 49.6 Å². The molecule has 1 heterocycles. The van der Waals surface area contributed by atoms with Crippen LogP contribution in [0.4, 0.5) is 5.69 Å². The monoisotopic (exact) mass is 316 g/mol. The van der Waals surface area contributed by atoms with E-state index >= 15 is 0 Å². The summed E-state index contributed by atoms with van der Waals surface area (Å²) in [5, 5.41) is 3.32. The Bertz CT molecular complexity index is 564. The Balaban J connectivity index is 1.62. The third kappa shape index (κ3) is 3.55. The molecule has 0 aromatic heterocycles. The second kappa shape index (κ2) is 7.13. The molecular formula is C18H24N2O3. The molecule has 0 spiro atoms. The number of hydrogen-bond acceptors (Lipinski definition) is 4. The number of methoxy groups -OCH3 is 1.